The highest BCUT2D eigenvalue weighted by atomic mass is 32.2. The number of benzene rings is 1. The third kappa shape index (κ3) is 7.63. The molecule has 1 saturated heterocycles. The van der Waals surface area contributed by atoms with Crippen molar-refractivity contribution in [2.75, 3.05) is 31.9 Å². The van der Waals surface area contributed by atoms with Crippen molar-refractivity contribution in [3.63, 3.8) is 0 Å². The van der Waals surface area contributed by atoms with Gasteiger partial charge in [-0.3, -0.25) is 14.4 Å². The first-order valence-electron chi connectivity index (χ1n) is 11.7. The number of aromatic nitrogens is 1. The maximum Gasteiger partial charge on any atom is 0.245 e. The fourth-order valence-corrected chi connectivity index (χ4v) is 4.30. The lowest BCUT2D eigenvalue weighted by Crippen LogP contribution is -2.58. The van der Waals surface area contributed by atoms with Crippen LogP contribution in [0.3, 0.4) is 0 Å². The van der Waals surface area contributed by atoms with E-state index in [1.807, 2.05) is 30.3 Å². The second kappa shape index (κ2) is 12.8. The Morgan fingerprint density at radius 2 is 1.86 bits per heavy atom. The number of nitrogens with zero attached hydrogens (tertiary/aromatic N) is 1. The van der Waals surface area contributed by atoms with Gasteiger partial charge in [-0.2, -0.15) is 11.8 Å². The average molecular weight is 533 g/mol. The van der Waals surface area contributed by atoms with Crippen LogP contribution in [0.25, 0.3) is 0 Å². The van der Waals surface area contributed by atoms with Crippen LogP contribution in [0.1, 0.15) is 18.2 Å². The number of thioether (sulfide) groups is 1. The summed E-state index contributed by atoms with van der Waals surface area (Å²) in [7, 11) is 1.39. The molecule has 0 aliphatic carbocycles. The van der Waals surface area contributed by atoms with Crippen LogP contribution in [0.4, 0.5) is 5.82 Å². The van der Waals surface area contributed by atoms with Crippen LogP contribution < -0.4 is 16.0 Å². The zero-order valence-electron chi connectivity index (χ0n) is 21.2. The number of hydrogen-bond acceptors (Lipinski definition) is 10. The number of rotatable bonds is 15. The molecule has 2 amide bonds. The maximum atomic E-state index is 13.3. The molecule has 0 saturated carbocycles. The molecule has 1 aromatic carbocycles. The van der Waals surface area contributed by atoms with Crippen LogP contribution in [0.5, 0.6) is 0 Å². The minimum absolute atomic E-state index is 0.154. The molecule has 37 heavy (non-hydrogen) atoms. The minimum Gasteiger partial charge on any atom is -0.382 e. The summed E-state index contributed by atoms with van der Waals surface area (Å²) in [6.45, 7) is 3.50. The highest BCUT2D eigenvalue weighted by Crippen LogP contribution is 2.29. The van der Waals surface area contributed by atoms with E-state index in [4.69, 9.17) is 14.0 Å². The van der Waals surface area contributed by atoms with E-state index < -0.39 is 40.8 Å². The van der Waals surface area contributed by atoms with E-state index in [1.54, 1.807) is 26.2 Å². The number of epoxide rings is 1. The van der Waals surface area contributed by atoms with Crippen LogP contribution in [-0.2, 0) is 35.1 Å². The number of aldehydes is 1. The number of anilines is 1. The highest BCUT2D eigenvalue weighted by molar-refractivity contribution is 7.99. The van der Waals surface area contributed by atoms with E-state index >= 15 is 0 Å². The van der Waals surface area contributed by atoms with Crippen LogP contribution >= 0.6 is 11.8 Å². The van der Waals surface area contributed by atoms with E-state index in [9.17, 15) is 19.2 Å². The molecule has 11 nitrogen and oxygen atoms in total. The molecule has 2 aromatic rings. The largest absolute Gasteiger partial charge is 0.382 e. The number of Topliss-reactive ketones (excluding diaryl/α,β-unsaturated/α-hetero) is 1. The van der Waals surface area contributed by atoms with Crippen molar-refractivity contribution in [2.24, 2.45) is 0 Å². The summed E-state index contributed by atoms with van der Waals surface area (Å²) in [6.07, 6.45) is 2.59. The number of nitrogens with one attached hydrogen (secondary N) is 3. The van der Waals surface area contributed by atoms with Gasteiger partial charge in [0.15, 0.2) is 11.6 Å². The Morgan fingerprint density at radius 1 is 1.19 bits per heavy atom. The molecule has 0 bridgehead atoms. The van der Waals surface area contributed by atoms with E-state index in [0.717, 1.165) is 5.56 Å². The Labute approximate surface area is 219 Å². The van der Waals surface area contributed by atoms with Crippen molar-refractivity contribution in [1.82, 2.24) is 15.8 Å². The SMILES string of the molecule is COC[C@H](NC(=O)[C@@H](Nc1cc(C)on1)C(C=O)SC)C(=O)N[C@@H](Cc1ccccc1)C(=O)C1(C)CO1. The second-order valence-electron chi connectivity index (χ2n) is 8.93. The van der Waals surface area contributed by atoms with E-state index in [-0.39, 0.29) is 31.2 Å². The molecule has 0 spiro atoms. The Balaban J connectivity index is 1.76. The van der Waals surface area contributed by atoms with Crippen molar-refractivity contribution in [2.45, 2.75) is 49.2 Å². The molecule has 200 valence electrons. The van der Waals surface area contributed by atoms with Gasteiger partial charge >= 0.3 is 0 Å². The van der Waals surface area contributed by atoms with Crippen LogP contribution in [0, 0.1) is 6.92 Å². The Morgan fingerprint density at radius 3 is 2.41 bits per heavy atom. The van der Waals surface area contributed by atoms with Gasteiger partial charge in [0.25, 0.3) is 0 Å². The highest BCUT2D eigenvalue weighted by Gasteiger charge is 2.50. The summed E-state index contributed by atoms with van der Waals surface area (Å²) in [6, 6.07) is 7.81. The van der Waals surface area contributed by atoms with E-state index in [0.29, 0.717) is 12.0 Å². The maximum absolute atomic E-state index is 13.3. The summed E-state index contributed by atoms with van der Waals surface area (Å²) in [5.74, 6) is -0.675. The molecule has 5 atom stereocenters. The molecule has 3 rings (SSSR count). The van der Waals surface area contributed by atoms with Gasteiger partial charge in [-0.25, -0.2) is 0 Å². The molecular formula is C25H32N4O7S. The Bertz CT molecular complexity index is 1090. The summed E-state index contributed by atoms with van der Waals surface area (Å²) in [4.78, 5) is 51.4. The lowest BCUT2D eigenvalue weighted by atomic mass is 9.94. The molecule has 1 aromatic heterocycles. The predicted molar refractivity (Wildman–Crippen MR) is 137 cm³/mol. The molecular weight excluding hydrogens is 500 g/mol. The standard InChI is InChI=1S/C25H32N4O7S/c1-15-10-20(29-36-15)28-21(19(12-30)37-4)24(33)27-18(13-34-3)23(32)26-17(22(31)25(2)14-35-25)11-16-8-6-5-7-9-16/h5-10,12,17-19,21H,11,13-14H2,1-4H3,(H,26,32)(H,27,33)(H,28,29)/t17-,18-,19?,21-,25?/m0/s1. The first-order chi connectivity index (χ1) is 17.7. The summed E-state index contributed by atoms with van der Waals surface area (Å²) < 4.78 is 15.5. The van der Waals surface area contributed by atoms with Gasteiger partial charge in [0.1, 0.15) is 29.7 Å². The van der Waals surface area contributed by atoms with E-state index in [2.05, 4.69) is 21.1 Å². The fraction of sp³-hybridized carbons (Fsp3) is 0.480. The normalized spacial score (nSPS) is 19.7. The first kappa shape index (κ1) is 28.4. The first-order valence-corrected chi connectivity index (χ1v) is 13.0. The summed E-state index contributed by atoms with van der Waals surface area (Å²) >= 11 is 1.17. The molecule has 3 N–H and O–H groups in total. The molecule has 2 unspecified atom stereocenters. The number of hydrogen-bond donors (Lipinski definition) is 3. The quantitative estimate of drug-likeness (QED) is 0.223. The van der Waals surface area contributed by atoms with Gasteiger partial charge in [-0.1, -0.05) is 35.5 Å². The smallest absolute Gasteiger partial charge is 0.245 e. The average Bonchev–Trinajstić information content (AvgIpc) is 3.51. The molecule has 12 heteroatoms. The number of carbonyl (C=O) groups is 4. The minimum atomic E-state index is -1.13. The predicted octanol–water partition coefficient (Wildman–Crippen LogP) is 0.911. The topological polar surface area (TPSA) is 152 Å². The lowest BCUT2D eigenvalue weighted by Gasteiger charge is -2.26. The summed E-state index contributed by atoms with van der Waals surface area (Å²) in [5.41, 5.74) is -0.0915. The van der Waals surface area contributed by atoms with Crippen molar-refractivity contribution >= 4 is 41.5 Å². The van der Waals surface area contributed by atoms with Gasteiger partial charge in [-0.15, -0.1) is 0 Å². The van der Waals surface area contributed by atoms with Crippen LogP contribution in [0.2, 0.25) is 0 Å². The fourth-order valence-electron chi connectivity index (χ4n) is 3.72. The molecule has 1 fully saturated rings. The number of amides is 2. The van der Waals surface area contributed by atoms with Gasteiger partial charge in [0.2, 0.25) is 11.8 Å². The number of carbonyl (C=O) groups excluding carboxylic acids is 4. The van der Waals surface area contributed by atoms with E-state index in [1.165, 1.54) is 18.9 Å². The zero-order valence-corrected chi connectivity index (χ0v) is 22.0. The third-order valence-corrected chi connectivity index (χ3v) is 6.86. The van der Waals surface area contributed by atoms with Crippen molar-refractivity contribution in [1.29, 1.82) is 0 Å². The second-order valence-corrected chi connectivity index (χ2v) is 9.95. The molecule has 0 radical (unpaired) electrons. The monoisotopic (exact) mass is 532 g/mol. The summed E-state index contributed by atoms with van der Waals surface area (Å²) in [5, 5.41) is 11.4. The van der Waals surface area contributed by atoms with Crippen molar-refractivity contribution < 1.29 is 33.2 Å². The number of ether oxygens (including phenoxy) is 2. The van der Waals surface area contributed by atoms with Gasteiger partial charge in [-0.05, 0) is 32.1 Å². The lowest BCUT2D eigenvalue weighted by molar-refractivity contribution is -0.134. The van der Waals surface area contributed by atoms with Gasteiger partial charge in [0, 0.05) is 13.2 Å². The van der Waals surface area contributed by atoms with Crippen LogP contribution in [0.15, 0.2) is 40.9 Å². The number of aryl methyl sites for hydroxylation is 1. The molecule has 1 aliphatic heterocycles. The third-order valence-electron chi connectivity index (χ3n) is 5.93. The molecule has 2 heterocycles. The Kier molecular flexibility index (Phi) is 9.84. The van der Waals surface area contributed by atoms with Crippen molar-refractivity contribution in [3.05, 3.63) is 47.7 Å². The van der Waals surface area contributed by atoms with Gasteiger partial charge < -0.3 is 34.7 Å². The molecule has 1 aliphatic rings. The van der Waals surface area contributed by atoms with Gasteiger partial charge in [0.05, 0.1) is 24.5 Å². The van der Waals surface area contributed by atoms with Crippen molar-refractivity contribution in [3.8, 4) is 0 Å². The Hall–Kier alpha value is -3.22. The number of methoxy groups -OCH3 is 1. The zero-order chi connectivity index (χ0) is 27.0. The van der Waals surface area contributed by atoms with Crippen LogP contribution in [-0.4, -0.2) is 84.6 Å². The number of ketones is 1.